The number of esters is 1. The third-order valence-electron chi connectivity index (χ3n) is 2.42. The molecule has 0 aliphatic heterocycles. The summed E-state index contributed by atoms with van der Waals surface area (Å²) >= 11 is 0. The highest BCUT2D eigenvalue weighted by Gasteiger charge is 2.09. The monoisotopic (exact) mass is 234 g/mol. The van der Waals surface area contributed by atoms with Crippen LogP contribution < -0.4 is 4.74 Å². The van der Waals surface area contributed by atoms with E-state index in [-0.39, 0.29) is 12.4 Å². The lowest BCUT2D eigenvalue weighted by atomic mass is 10.3. The summed E-state index contributed by atoms with van der Waals surface area (Å²) < 4.78 is 11.9. The van der Waals surface area contributed by atoms with Gasteiger partial charge in [-0.15, -0.1) is 0 Å². The van der Waals surface area contributed by atoms with Gasteiger partial charge in [0.15, 0.2) is 0 Å². The van der Waals surface area contributed by atoms with Crippen LogP contribution in [0.2, 0.25) is 0 Å². The predicted molar refractivity (Wildman–Crippen MR) is 62.1 cm³/mol. The number of ether oxygens (including phenoxy) is 2. The first-order valence-corrected chi connectivity index (χ1v) is 5.40. The highest BCUT2D eigenvalue weighted by atomic mass is 16.5. The minimum atomic E-state index is -0.253. The summed E-state index contributed by atoms with van der Waals surface area (Å²) in [4.78, 5) is 15.6. The van der Waals surface area contributed by atoms with Crippen molar-refractivity contribution in [3.05, 3.63) is 30.2 Å². The number of imidazole rings is 1. The molecule has 0 fully saturated rings. The van der Waals surface area contributed by atoms with E-state index >= 15 is 0 Å². The molecule has 0 bridgehead atoms. The Kier molecular flexibility index (Phi) is 3.27. The maximum atomic E-state index is 11.4. The Morgan fingerprint density at radius 3 is 3.00 bits per heavy atom. The van der Waals surface area contributed by atoms with Gasteiger partial charge in [-0.2, -0.15) is 0 Å². The molecule has 0 spiro atoms. The first kappa shape index (κ1) is 11.4. The molecule has 0 radical (unpaired) electrons. The van der Waals surface area contributed by atoms with Gasteiger partial charge in [0.2, 0.25) is 0 Å². The van der Waals surface area contributed by atoms with Gasteiger partial charge < -0.3 is 9.47 Å². The third kappa shape index (κ3) is 2.38. The largest absolute Gasteiger partial charge is 0.495 e. The van der Waals surface area contributed by atoms with Gasteiger partial charge in [-0.25, -0.2) is 4.98 Å². The lowest BCUT2D eigenvalue weighted by Crippen LogP contribution is -2.09. The maximum absolute atomic E-state index is 11.4. The Morgan fingerprint density at radius 2 is 2.29 bits per heavy atom. The van der Waals surface area contributed by atoms with Crippen molar-refractivity contribution < 1.29 is 14.3 Å². The molecule has 2 aromatic heterocycles. The number of carbonyl (C=O) groups is 1. The second-order valence-electron chi connectivity index (χ2n) is 3.53. The minimum absolute atomic E-state index is 0.210. The maximum Gasteiger partial charge on any atom is 0.311 e. The van der Waals surface area contributed by atoms with Crippen molar-refractivity contribution in [2.45, 2.75) is 13.3 Å². The highest BCUT2D eigenvalue weighted by molar-refractivity contribution is 5.72. The summed E-state index contributed by atoms with van der Waals surface area (Å²) in [5.74, 6) is 0.470. The molecule has 90 valence electrons. The molecule has 0 saturated carbocycles. The summed E-state index contributed by atoms with van der Waals surface area (Å²) in [6.07, 6.45) is 3.69. The van der Waals surface area contributed by atoms with Gasteiger partial charge in [0.25, 0.3) is 0 Å². The number of hydrogen-bond donors (Lipinski definition) is 0. The number of aromatic nitrogens is 2. The number of methoxy groups -OCH3 is 1. The van der Waals surface area contributed by atoms with Gasteiger partial charge >= 0.3 is 5.97 Å². The van der Waals surface area contributed by atoms with Gasteiger partial charge in [0, 0.05) is 6.20 Å². The SMILES string of the molecule is CCOC(=O)Cc1cnc2ccc(OC)cn12. The fourth-order valence-electron chi connectivity index (χ4n) is 1.62. The molecule has 0 unspecified atom stereocenters. The van der Waals surface area contributed by atoms with Crippen molar-refractivity contribution >= 4 is 11.6 Å². The highest BCUT2D eigenvalue weighted by Crippen LogP contribution is 2.14. The van der Waals surface area contributed by atoms with Crippen LogP contribution in [0.5, 0.6) is 5.75 Å². The molecule has 0 aliphatic rings. The number of fused-ring (bicyclic) bond motifs is 1. The van der Waals surface area contributed by atoms with Crippen molar-refractivity contribution in [1.29, 1.82) is 0 Å². The van der Waals surface area contributed by atoms with Gasteiger partial charge in [-0.3, -0.25) is 9.20 Å². The van der Waals surface area contributed by atoms with Gasteiger partial charge in [0.05, 0.1) is 32.0 Å². The van der Waals surface area contributed by atoms with Crippen LogP contribution in [0.3, 0.4) is 0 Å². The molecule has 0 saturated heterocycles. The van der Waals surface area contributed by atoms with Crippen LogP contribution in [0.4, 0.5) is 0 Å². The van der Waals surface area contributed by atoms with E-state index in [9.17, 15) is 4.79 Å². The molecular weight excluding hydrogens is 220 g/mol. The van der Waals surface area contributed by atoms with Gasteiger partial charge in [-0.1, -0.05) is 0 Å². The van der Waals surface area contributed by atoms with E-state index in [4.69, 9.17) is 9.47 Å². The minimum Gasteiger partial charge on any atom is -0.495 e. The number of pyridine rings is 1. The molecule has 0 aliphatic carbocycles. The Labute approximate surface area is 99.0 Å². The Balaban J connectivity index is 2.30. The molecule has 5 nitrogen and oxygen atoms in total. The van der Waals surface area contributed by atoms with E-state index in [1.807, 2.05) is 16.5 Å². The zero-order chi connectivity index (χ0) is 12.3. The number of carbonyl (C=O) groups excluding carboxylic acids is 1. The topological polar surface area (TPSA) is 52.8 Å². The smallest absolute Gasteiger partial charge is 0.311 e. The zero-order valence-electron chi connectivity index (χ0n) is 9.84. The van der Waals surface area contributed by atoms with Crippen molar-refractivity contribution in [2.75, 3.05) is 13.7 Å². The van der Waals surface area contributed by atoms with Crippen molar-refractivity contribution in [2.24, 2.45) is 0 Å². The Morgan fingerprint density at radius 1 is 1.47 bits per heavy atom. The second kappa shape index (κ2) is 4.86. The van der Waals surface area contributed by atoms with E-state index < -0.39 is 0 Å². The summed E-state index contributed by atoms with van der Waals surface area (Å²) in [5, 5.41) is 0. The first-order chi connectivity index (χ1) is 8.24. The summed E-state index contributed by atoms with van der Waals surface area (Å²) in [7, 11) is 1.60. The molecular formula is C12H14N2O3. The molecule has 0 N–H and O–H groups in total. The molecule has 17 heavy (non-hydrogen) atoms. The molecule has 2 heterocycles. The predicted octanol–water partition coefficient (Wildman–Crippen LogP) is 1.45. The quantitative estimate of drug-likeness (QED) is 0.751. The lowest BCUT2D eigenvalue weighted by Gasteiger charge is -2.04. The van der Waals surface area contributed by atoms with Crippen LogP contribution in [0.1, 0.15) is 12.6 Å². The fraction of sp³-hybridized carbons (Fsp3) is 0.333. The van der Waals surface area contributed by atoms with E-state index in [1.165, 1.54) is 0 Å². The number of nitrogens with zero attached hydrogens (tertiary/aromatic N) is 2. The molecule has 5 heteroatoms. The van der Waals surface area contributed by atoms with Gasteiger partial charge in [-0.05, 0) is 19.1 Å². The van der Waals surface area contributed by atoms with Crippen LogP contribution in [-0.4, -0.2) is 29.1 Å². The molecule has 0 aromatic carbocycles. The van der Waals surface area contributed by atoms with Crippen molar-refractivity contribution in [3.63, 3.8) is 0 Å². The second-order valence-corrected chi connectivity index (χ2v) is 3.53. The normalized spacial score (nSPS) is 10.5. The van der Waals surface area contributed by atoms with Crippen molar-refractivity contribution in [1.82, 2.24) is 9.38 Å². The standard InChI is InChI=1S/C12H14N2O3/c1-3-17-12(15)6-9-7-13-11-5-4-10(16-2)8-14(9)11/h4-5,7-8H,3,6H2,1-2H3. The Hall–Kier alpha value is -2.04. The molecule has 2 aromatic rings. The lowest BCUT2D eigenvalue weighted by molar-refractivity contribution is -0.142. The molecule has 2 rings (SSSR count). The van der Waals surface area contributed by atoms with Crippen molar-refractivity contribution in [3.8, 4) is 5.75 Å². The van der Waals surface area contributed by atoms with Crippen LogP contribution in [0, 0.1) is 0 Å². The Bertz CT molecular complexity index is 534. The summed E-state index contributed by atoms with van der Waals surface area (Å²) in [5.41, 5.74) is 1.57. The summed E-state index contributed by atoms with van der Waals surface area (Å²) in [6, 6.07) is 3.67. The first-order valence-electron chi connectivity index (χ1n) is 5.40. The zero-order valence-corrected chi connectivity index (χ0v) is 9.84. The third-order valence-corrected chi connectivity index (χ3v) is 2.42. The van der Waals surface area contributed by atoms with E-state index in [2.05, 4.69) is 4.98 Å². The van der Waals surface area contributed by atoms with Crippen LogP contribution in [0.25, 0.3) is 5.65 Å². The molecule has 0 atom stereocenters. The van der Waals surface area contributed by atoms with E-state index in [0.29, 0.717) is 6.61 Å². The van der Waals surface area contributed by atoms with Crippen LogP contribution in [-0.2, 0) is 16.0 Å². The molecule has 0 amide bonds. The number of hydrogen-bond acceptors (Lipinski definition) is 4. The van der Waals surface area contributed by atoms with Gasteiger partial charge in [0.1, 0.15) is 11.4 Å². The van der Waals surface area contributed by atoms with Crippen LogP contribution in [0.15, 0.2) is 24.5 Å². The average molecular weight is 234 g/mol. The average Bonchev–Trinajstić information content (AvgIpc) is 2.72. The van der Waals surface area contributed by atoms with E-state index in [0.717, 1.165) is 17.1 Å². The number of rotatable bonds is 4. The summed E-state index contributed by atoms with van der Waals surface area (Å²) in [6.45, 7) is 2.17. The fourth-order valence-corrected chi connectivity index (χ4v) is 1.62. The van der Waals surface area contributed by atoms with Crippen LogP contribution >= 0.6 is 0 Å². The van der Waals surface area contributed by atoms with E-state index in [1.54, 1.807) is 26.4 Å².